The van der Waals surface area contributed by atoms with Gasteiger partial charge in [-0.05, 0) is 42.2 Å². The van der Waals surface area contributed by atoms with E-state index in [2.05, 4.69) is 30.4 Å². The Kier molecular flexibility index (Phi) is 4.20. The summed E-state index contributed by atoms with van der Waals surface area (Å²) in [5.74, 6) is 0.953. The van der Waals surface area contributed by atoms with Crippen LogP contribution in [0.5, 0.6) is 0 Å². The highest BCUT2D eigenvalue weighted by Gasteiger charge is 2.13. The van der Waals surface area contributed by atoms with E-state index in [-0.39, 0.29) is 5.91 Å². The fourth-order valence-corrected chi connectivity index (χ4v) is 3.23. The Morgan fingerprint density at radius 3 is 2.64 bits per heavy atom. The first kappa shape index (κ1) is 14.7. The molecule has 3 nitrogen and oxygen atoms in total. The quantitative estimate of drug-likeness (QED) is 0.718. The number of hydrogen-bond donors (Lipinski definition) is 1. The number of nitrogens with one attached hydrogen (secondary N) is 1. The van der Waals surface area contributed by atoms with Crippen molar-refractivity contribution in [3.05, 3.63) is 60.3 Å². The minimum Gasteiger partial charge on any atom is -0.340 e. The molecule has 112 valence electrons. The average Bonchev–Trinajstić information content (AvgIpc) is 2.85. The van der Waals surface area contributed by atoms with E-state index in [1.54, 1.807) is 11.8 Å². The van der Waals surface area contributed by atoms with Crippen LogP contribution in [-0.4, -0.2) is 16.2 Å². The minimum absolute atomic E-state index is 0.0883. The molecule has 3 rings (SSSR count). The molecule has 0 aliphatic heterocycles. The van der Waals surface area contributed by atoms with E-state index < -0.39 is 0 Å². The highest BCUT2D eigenvalue weighted by Crippen LogP contribution is 2.26. The number of thioether (sulfide) groups is 1. The second-order valence-corrected chi connectivity index (χ2v) is 6.40. The molecule has 2 aromatic carbocycles. The zero-order valence-electron chi connectivity index (χ0n) is 12.7. The number of hydrogen-bond acceptors (Lipinski definition) is 2. The Labute approximate surface area is 134 Å². The average molecular weight is 310 g/mol. The van der Waals surface area contributed by atoms with Gasteiger partial charge in [0.05, 0.1) is 0 Å². The summed E-state index contributed by atoms with van der Waals surface area (Å²) in [7, 11) is 1.93. The van der Waals surface area contributed by atoms with Crippen LogP contribution in [0, 0.1) is 0 Å². The number of anilines is 1. The van der Waals surface area contributed by atoms with Gasteiger partial charge < -0.3 is 9.88 Å². The van der Waals surface area contributed by atoms with Crippen LogP contribution in [-0.2, 0) is 7.05 Å². The lowest BCUT2D eigenvalue weighted by molar-refractivity contribution is 0.102. The monoisotopic (exact) mass is 310 g/mol. The van der Waals surface area contributed by atoms with E-state index in [0.29, 0.717) is 5.69 Å². The van der Waals surface area contributed by atoms with Gasteiger partial charge in [0.25, 0.3) is 5.91 Å². The van der Waals surface area contributed by atoms with Crippen LogP contribution < -0.4 is 5.32 Å². The van der Waals surface area contributed by atoms with Crippen LogP contribution >= 0.6 is 11.8 Å². The van der Waals surface area contributed by atoms with Crippen molar-refractivity contribution in [3.8, 4) is 0 Å². The molecular formula is C18H18N2OS. The maximum atomic E-state index is 12.5. The van der Waals surface area contributed by atoms with Gasteiger partial charge in [-0.3, -0.25) is 4.79 Å². The molecule has 0 aliphatic rings. The number of fused-ring (bicyclic) bond motifs is 1. The normalized spacial score (nSPS) is 10.8. The lowest BCUT2D eigenvalue weighted by Gasteiger charge is -2.06. The van der Waals surface area contributed by atoms with Gasteiger partial charge in [0.2, 0.25) is 0 Å². The molecule has 1 aromatic heterocycles. The maximum Gasteiger partial charge on any atom is 0.272 e. The first-order valence-electron chi connectivity index (χ1n) is 7.27. The van der Waals surface area contributed by atoms with Gasteiger partial charge in [0, 0.05) is 28.5 Å². The van der Waals surface area contributed by atoms with Crippen molar-refractivity contribution in [2.24, 2.45) is 7.05 Å². The highest BCUT2D eigenvalue weighted by atomic mass is 32.2. The van der Waals surface area contributed by atoms with Crippen molar-refractivity contribution in [2.75, 3.05) is 11.1 Å². The first-order chi connectivity index (χ1) is 10.7. The third-order valence-electron chi connectivity index (χ3n) is 3.59. The van der Waals surface area contributed by atoms with Gasteiger partial charge in [-0.1, -0.05) is 25.1 Å². The van der Waals surface area contributed by atoms with Crippen LogP contribution in [0.2, 0.25) is 0 Å². The lowest BCUT2D eigenvalue weighted by atomic mass is 10.2. The predicted molar refractivity (Wildman–Crippen MR) is 93.7 cm³/mol. The molecular weight excluding hydrogens is 292 g/mol. The molecule has 0 bridgehead atoms. The highest BCUT2D eigenvalue weighted by molar-refractivity contribution is 7.99. The van der Waals surface area contributed by atoms with Crippen LogP contribution in [0.1, 0.15) is 17.4 Å². The largest absolute Gasteiger partial charge is 0.340 e. The van der Waals surface area contributed by atoms with Gasteiger partial charge in [-0.2, -0.15) is 0 Å². The molecule has 1 amide bonds. The summed E-state index contributed by atoms with van der Waals surface area (Å²) in [6.07, 6.45) is 0. The standard InChI is InChI=1S/C18H18N2OS/c1-3-22-15-9-10-16-13(11-15)12-17(20(16)2)18(21)19-14-7-5-4-6-8-14/h4-12H,3H2,1-2H3,(H,19,21). The predicted octanol–water partition coefficient (Wildman–Crippen LogP) is 4.54. The van der Waals surface area contributed by atoms with Crippen molar-refractivity contribution in [1.82, 2.24) is 4.57 Å². The Morgan fingerprint density at radius 2 is 1.91 bits per heavy atom. The number of para-hydroxylation sites is 1. The van der Waals surface area contributed by atoms with Crippen LogP contribution in [0.15, 0.2) is 59.5 Å². The number of rotatable bonds is 4. The summed E-state index contributed by atoms with van der Waals surface area (Å²) in [6, 6.07) is 17.8. The molecule has 0 saturated heterocycles. The smallest absolute Gasteiger partial charge is 0.272 e. The SMILES string of the molecule is CCSc1ccc2c(c1)cc(C(=O)Nc1ccccc1)n2C. The van der Waals surface area contributed by atoms with Gasteiger partial charge in [0.1, 0.15) is 5.69 Å². The number of nitrogens with zero attached hydrogens (tertiary/aromatic N) is 1. The van der Waals surface area contributed by atoms with Gasteiger partial charge in [-0.15, -0.1) is 11.8 Å². The van der Waals surface area contributed by atoms with E-state index in [4.69, 9.17) is 0 Å². The van der Waals surface area contributed by atoms with Crippen LogP contribution in [0.4, 0.5) is 5.69 Å². The molecule has 22 heavy (non-hydrogen) atoms. The second-order valence-electron chi connectivity index (χ2n) is 5.06. The molecule has 0 saturated carbocycles. The Bertz CT molecular complexity index is 809. The van der Waals surface area contributed by atoms with Crippen molar-refractivity contribution < 1.29 is 4.79 Å². The minimum atomic E-state index is -0.0883. The molecule has 1 N–H and O–H groups in total. The fraction of sp³-hybridized carbons (Fsp3) is 0.167. The molecule has 0 aliphatic carbocycles. The Hall–Kier alpha value is -2.20. The van der Waals surface area contributed by atoms with E-state index >= 15 is 0 Å². The molecule has 4 heteroatoms. The van der Waals surface area contributed by atoms with Crippen molar-refractivity contribution in [2.45, 2.75) is 11.8 Å². The fourth-order valence-electron chi connectivity index (χ4n) is 2.52. The summed E-state index contributed by atoms with van der Waals surface area (Å²) >= 11 is 1.81. The number of benzene rings is 2. The summed E-state index contributed by atoms with van der Waals surface area (Å²) < 4.78 is 1.94. The Morgan fingerprint density at radius 1 is 1.14 bits per heavy atom. The molecule has 0 spiro atoms. The molecule has 3 aromatic rings. The van der Waals surface area contributed by atoms with Crippen molar-refractivity contribution in [3.63, 3.8) is 0 Å². The topological polar surface area (TPSA) is 34.0 Å². The molecule has 0 radical (unpaired) electrons. The summed E-state index contributed by atoms with van der Waals surface area (Å²) in [5.41, 5.74) is 2.54. The number of aryl methyl sites for hydroxylation is 1. The van der Waals surface area contributed by atoms with Crippen molar-refractivity contribution >= 4 is 34.3 Å². The number of amides is 1. The summed E-state index contributed by atoms with van der Waals surface area (Å²) in [4.78, 5) is 13.7. The third kappa shape index (κ3) is 2.88. The van der Waals surface area contributed by atoms with Gasteiger partial charge in [0.15, 0.2) is 0 Å². The van der Waals surface area contributed by atoms with Gasteiger partial charge >= 0.3 is 0 Å². The maximum absolute atomic E-state index is 12.5. The molecule has 0 fully saturated rings. The van der Waals surface area contributed by atoms with E-state index in [0.717, 1.165) is 22.3 Å². The van der Waals surface area contributed by atoms with Crippen LogP contribution in [0.3, 0.4) is 0 Å². The summed E-state index contributed by atoms with van der Waals surface area (Å²) in [6.45, 7) is 2.14. The van der Waals surface area contributed by atoms with E-state index in [9.17, 15) is 4.79 Å². The molecule has 0 unspecified atom stereocenters. The van der Waals surface area contributed by atoms with Crippen molar-refractivity contribution in [1.29, 1.82) is 0 Å². The number of aromatic nitrogens is 1. The van der Waals surface area contributed by atoms with E-state index in [1.165, 1.54) is 4.90 Å². The third-order valence-corrected chi connectivity index (χ3v) is 4.47. The second kappa shape index (κ2) is 6.28. The number of carbonyl (C=O) groups is 1. The lowest BCUT2D eigenvalue weighted by Crippen LogP contribution is -2.15. The van der Waals surface area contributed by atoms with Crippen LogP contribution in [0.25, 0.3) is 10.9 Å². The zero-order chi connectivity index (χ0) is 15.5. The Balaban J connectivity index is 1.93. The summed E-state index contributed by atoms with van der Waals surface area (Å²) in [5, 5.41) is 4.03. The zero-order valence-corrected chi connectivity index (χ0v) is 13.5. The van der Waals surface area contributed by atoms with E-state index in [1.807, 2.05) is 48.0 Å². The van der Waals surface area contributed by atoms with Gasteiger partial charge in [-0.25, -0.2) is 0 Å². The first-order valence-corrected chi connectivity index (χ1v) is 8.26. The molecule has 1 heterocycles. The molecule has 0 atom stereocenters. The number of carbonyl (C=O) groups excluding carboxylic acids is 1.